The summed E-state index contributed by atoms with van der Waals surface area (Å²) in [6, 6.07) is 1.88. The fourth-order valence-corrected chi connectivity index (χ4v) is 4.16. The van der Waals surface area contributed by atoms with Crippen LogP contribution in [0.1, 0.15) is 68.1 Å². The molecule has 0 saturated heterocycles. The molecule has 5 heteroatoms. The van der Waals surface area contributed by atoms with E-state index in [1.54, 1.807) is 11.3 Å². The zero-order valence-electron chi connectivity index (χ0n) is 16.6. The molecule has 2 N–H and O–H groups in total. The van der Waals surface area contributed by atoms with Gasteiger partial charge in [0.1, 0.15) is 0 Å². The van der Waals surface area contributed by atoms with Crippen LogP contribution in [0.15, 0.2) is 29.5 Å². The lowest BCUT2D eigenvalue weighted by atomic mass is 9.87. The van der Waals surface area contributed by atoms with Gasteiger partial charge < -0.3 is 15.4 Å². The summed E-state index contributed by atoms with van der Waals surface area (Å²) in [6.45, 7) is 7.58. The third-order valence-electron chi connectivity index (χ3n) is 5.26. The van der Waals surface area contributed by atoms with Crippen LogP contribution in [0.25, 0.3) is 0 Å². The summed E-state index contributed by atoms with van der Waals surface area (Å²) >= 11 is 1.56. The molecular weight excluding hydrogens is 356 g/mol. The molecule has 152 valence electrons. The van der Waals surface area contributed by atoms with E-state index in [2.05, 4.69) is 17.2 Å². The maximum absolute atomic E-state index is 12.0. The number of unbranched alkanes of at least 4 members (excludes halogenated alkanes) is 3. The van der Waals surface area contributed by atoms with Crippen LogP contribution < -0.4 is 10.6 Å². The molecule has 1 amide bonds. The number of hydrogen-bond donors (Lipinski definition) is 2. The third-order valence-corrected chi connectivity index (χ3v) is 5.94. The Labute approximate surface area is 168 Å². The van der Waals surface area contributed by atoms with Crippen LogP contribution in [0.2, 0.25) is 0 Å². The molecule has 4 nitrogen and oxygen atoms in total. The Morgan fingerprint density at radius 1 is 1.19 bits per heavy atom. The SMILES string of the molecule is C=CCCNCCCCCCOC1CCC(CNC(=O)c2ccsc2)CC1. The lowest BCUT2D eigenvalue weighted by Gasteiger charge is -2.28. The van der Waals surface area contributed by atoms with Gasteiger partial charge in [-0.25, -0.2) is 0 Å². The first-order valence-electron chi connectivity index (χ1n) is 10.5. The number of nitrogens with one attached hydrogen (secondary N) is 2. The third kappa shape index (κ3) is 9.54. The quantitative estimate of drug-likeness (QED) is 0.354. The van der Waals surface area contributed by atoms with Crippen LogP contribution in [0, 0.1) is 5.92 Å². The van der Waals surface area contributed by atoms with Gasteiger partial charge in [-0.05, 0) is 75.4 Å². The fourth-order valence-electron chi connectivity index (χ4n) is 3.52. The molecule has 0 aromatic carbocycles. The van der Waals surface area contributed by atoms with Crippen molar-refractivity contribution >= 4 is 17.2 Å². The van der Waals surface area contributed by atoms with E-state index in [4.69, 9.17) is 4.74 Å². The highest BCUT2D eigenvalue weighted by molar-refractivity contribution is 7.08. The minimum absolute atomic E-state index is 0.0607. The Balaban J connectivity index is 1.41. The first kappa shape index (κ1) is 22.1. The van der Waals surface area contributed by atoms with Crippen LogP contribution >= 0.6 is 11.3 Å². The molecule has 27 heavy (non-hydrogen) atoms. The Hall–Kier alpha value is -1.17. The number of ether oxygens (including phenoxy) is 1. The maximum atomic E-state index is 12.0. The number of hydrogen-bond acceptors (Lipinski definition) is 4. The number of carbonyl (C=O) groups is 1. The molecule has 1 heterocycles. The highest BCUT2D eigenvalue weighted by Gasteiger charge is 2.22. The van der Waals surface area contributed by atoms with Gasteiger partial charge in [0, 0.05) is 24.1 Å². The van der Waals surface area contributed by atoms with Gasteiger partial charge in [0.25, 0.3) is 5.91 Å². The Kier molecular flexibility index (Phi) is 11.4. The molecule has 2 rings (SSSR count). The van der Waals surface area contributed by atoms with E-state index in [9.17, 15) is 4.79 Å². The predicted molar refractivity (Wildman–Crippen MR) is 115 cm³/mol. The molecule has 0 atom stereocenters. The van der Waals surface area contributed by atoms with Crippen molar-refractivity contribution < 1.29 is 9.53 Å². The van der Waals surface area contributed by atoms with Crippen LogP contribution in [0.3, 0.4) is 0 Å². The van der Waals surface area contributed by atoms with Gasteiger partial charge in [-0.15, -0.1) is 6.58 Å². The van der Waals surface area contributed by atoms with E-state index in [0.717, 1.165) is 63.9 Å². The minimum Gasteiger partial charge on any atom is -0.378 e. The van der Waals surface area contributed by atoms with Crippen LogP contribution in [0.4, 0.5) is 0 Å². The summed E-state index contributed by atoms with van der Waals surface area (Å²) in [4.78, 5) is 12.0. The van der Waals surface area contributed by atoms with Crippen molar-refractivity contribution in [1.29, 1.82) is 0 Å². The molecule has 1 aromatic heterocycles. The average Bonchev–Trinajstić information content (AvgIpc) is 3.23. The number of rotatable bonds is 14. The standard InChI is InChI=1S/C22H36N2O2S/c1-2-3-13-23-14-6-4-5-7-15-26-21-10-8-19(9-11-21)17-24-22(25)20-12-16-27-18-20/h2,12,16,18-19,21,23H,1,3-11,13-15,17H2,(H,24,25). The summed E-state index contributed by atoms with van der Waals surface area (Å²) in [5, 5.41) is 10.3. The molecule has 1 fully saturated rings. The number of amides is 1. The van der Waals surface area contributed by atoms with Gasteiger partial charge in [0.15, 0.2) is 0 Å². The van der Waals surface area contributed by atoms with E-state index >= 15 is 0 Å². The molecule has 0 aliphatic heterocycles. The second-order valence-corrected chi connectivity index (χ2v) is 8.26. The average molecular weight is 393 g/mol. The second-order valence-electron chi connectivity index (χ2n) is 7.48. The van der Waals surface area contributed by atoms with Crippen molar-refractivity contribution in [2.24, 2.45) is 5.92 Å². The normalized spacial score (nSPS) is 19.7. The smallest absolute Gasteiger partial charge is 0.252 e. The highest BCUT2D eigenvalue weighted by Crippen LogP contribution is 2.26. The summed E-state index contributed by atoms with van der Waals surface area (Å²) in [5.41, 5.74) is 0.782. The molecule has 0 radical (unpaired) electrons. The minimum atomic E-state index is 0.0607. The van der Waals surface area contributed by atoms with E-state index in [-0.39, 0.29) is 5.91 Å². The topological polar surface area (TPSA) is 50.4 Å². The van der Waals surface area contributed by atoms with E-state index in [1.165, 1.54) is 25.7 Å². The summed E-state index contributed by atoms with van der Waals surface area (Å²) in [5.74, 6) is 0.659. The lowest BCUT2D eigenvalue weighted by Crippen LogP contribution is -2.32. The first-order valence-corrected chi connectivity index (χ1v) is 11.5. The van der Waals surface area contributed by atoms with Crippen molar-refractivity contribution in [3.8, 4) is 0 Å². The van der Waals surface area contributed by atoms with Crippen LogP contribution in [-0.4, -0.2) is 38.3 Å². The van der Waals surface area contributed by atoms with Crippen molar-refractivity contribution in [3.05, 3.63) is 35.0 Å². The lowest BCUT2D eigenvalue weighted by molar-refractivity contribution is 0.0163. The second kappa shape index (κ2) is 13.9. The summed E-state index contributed by atoms with van der Waals surface area (Å²) in [7, 11) is 0. The fraction of sp³-hybridized carbons (Fsp3) is 0.682. The van der Waals surface area contributed by atoms with Gasteiger partial charge in [-0.1, -0.05) is 18.9 Å². The van der Waals surface area contributed by atoms with Gasteiger partial charge in [-0.3, -0.25) is 4.79 Å². The molecular formula is C22H36N2O2S. The molecule has 0 spiro atoms. The van der Waals surface area contributed by atoms with Crippen LogP contribution in [-0.2, 0) is 4.74 Å². The van der Waals surface area contributed by atoms with E-state index in [1.807, 2.05) is 22.9 Å². The zero-order chi connectivity index (χ0) is 19.2. The monoisotopic (exact) mass is 392 g/mol. The molecule has 1 aromatic rings. The van der Waals surface area contributed by atoms with Crippen LogP contribution in [0.5, 0.6) is 0 Å². The first-order chi connectivity index (χ1) is 13.3. The molecule has 1 aliphatic rings. The van der Waals surface area contributed by atoms with Gasteiger partial charge >= 0.3 is 0 Å². The van der Waals surface area contributed by atoms with E-state index in [0.29, 0.717) is 12.0 Å². The highest BCUT2D eigenvalue weighted by atomic mass is 32.1. The van der Waals surface area contributed by atoms with Crippen molar-refractivity contribution in [2.45, 2.75) is 63.9 Å². The van der Waals surface area contributed by atoms with Crippen molar-refractivity contribution in [3.63, 3.8) is 0 Å². The Morgan fingerprint density at radius 3 is 2.74 bits per heavy atom. The molecule has 1 aliphatic carbocycles. The molecule has 1 saturated carbocycles. The zero-order valence-corrected chi connectivity index (χ0v) is 17.4. The number of carbonyl (C=O) groups excluding carboxylic acids is 1. The largest absolute Gasteiger partial charge is 0.378 e. The van der Waals surface area contributed by atoms with Crippen molar-refractivity contribution in [2.75, 3.05) is 26.2 Å². The van der Waals surface area contributed by atoms with Crippen molar-refractivity contribution in [1.82, 2.24) is 10.6 Å². The predicted octanol–water partition coefficient (Wildman–Crippen LogP) is 4.78. The maximum Gasteiger partial charge on any atom is 0.252 e. The van der Waals surface area contributed by atoms with Gasteiger partial charge in [0.2, 0.25) is 0 Å². The number of thiophene rings is 1. The Bertz CT molecular complexity index is 510. The molecule has 0 unspecified atom stereocenters. The van der Waals surface area contributed by atoms with Gasteiger partial charge in [0.05, 0.1) is 6.10 Å². The molecule has 0 bridgehead atoms. The summed E-state index contributed by atoms with van der Waals surface area (Å²) in [6.07, 6.45) is 13.0. The van der Waals surface area contributed by atoms with Gasteiger partial charge in [-0.2, -0.15) is 11.3 Å². The summed E-state index contributed by atoms with van der Waals surface area (Å²) < 4.78 is 6.06. The van der Waals surface area contributed by atoms with E-state index < -0.39 is 0 Å². The Morgan fingerprint density at radius 2 is 2.00 bits per heavy atom.